The average Bonchev–Trinajstić information content (AvgIpc) is 2.91. The van der Waals surface area contributed by atoms with Crippen LogP contribution in [0.25, 0.3) is 0 Å². The lowest BCUT2D eigenvalue weighted by Gasteiger charge is -2.26. The second kappa shape index (κ2) is 17.7. The minimum atomic E-state index is -1.93. The summed E-state index contributed by atoms with van der Waals surface area (Å²) >= 11 is 0. The molecule has 10 heteroatoms. The number of carbonyl (C=O) groups is 2. The van der Waals surface area contributed by atoms with Gasteiger partial charge in [-0.05, 0) is 95.5 Å². The number of hydrogen-bond donors (Lipinski definition) is 0. The topological polar surface area (TPSA) is 105 Å². The number of rotatable bonds is 17. The molecule has 5 atom stereocenters. The van der Waals surface area contributed by atoms with Gasteiger partial charge in [-0.15, -0.1) is 4.52 Å². The number of carbonyl (C=O) groups excluding carboxylic acids is 2. The zero-order valence-electron chi connectivity index (χ0n) is 24.0. The highest BCUT2D eigenvalue weighted by molar-refractivity contribution is 7.46. The van der Waals surface area contributed by atoms with Crippen molar-refractivity contribution in [2.75, 3.05) is 12.3 Å². The highest BCUT2D eigenvalue weighted by Gasteiger charge is 2.46. The summed E-state index contributed by atoms with van der Waals surface area (Å²) < 4.78 is 47.9. The van der Waals surface area contributed by atoms with E-state index in [9.17, 15) is 18.7 Å². The third kappa shape index (κ3) is 12.1. The quantitative estimate of drug-likeness (QED) is 0.0981. The van der Waals surface area contributed by atoms with Gasteiger partial charge in [-0.25, -0.2) is 9.59 Å². The Labute approximate surface area is 231 Å². The molecule has 0 bridgehead atoms. The van der Waals surface area contributed by atoms with E-state index in [1.165, 1.54) is 12.8 Å². The van der Waals surface area contributed by atoms with E-state index in [1.807, 2.05) is 13.8 Å². The van der Waals surface area contributed by atoms with Crippen LogP contribution >= 0.6 is 15.8 Å². The van der Waals surface area contributed by atoms with E-state index in [2.05, 4.69) is 0 Å². The minimum absolute atomic E-state index is 0.0249. The summed E-state index contributed by atoms with van der Waals surface area (Å²) in [5.74, 6) is -0.797. The van der Waals surface area contributed by atoms with Gasteiger partial charge in [0.1, 0.15) is 18.4 Å². The predicted molar refractivity (Wildman–Crippen MR) is 149 cm³/mol. The van der Waals surface area contributed by atoms with Crippen molar-refractivity contribution in [3.8, 4) is 0 Å². The number of unbranched alkanes of at least 4 members (excludes halogenated alkanes) is 3. The van der Waals surface area contributed by atoms with E-state index < -0.39 is 39.3 Å². The van der Waals surface area contributed by atoms with Crippen LogP contribution in [0.2, 0.25) is 0 Å². The maximum atomic E-state index is 13.1. The van der Waals surface area contributed by atoms with Crippen LogP contribution in [0, 0.1) is 0 Å². The Balaban J connectivity index is 1.60. The fourth-order valence-electron chi connectivity index (χ4n) is 4.99. The monoisotopic (exact) mass is 576 g/mol. The van der Waals surface area contributed by atoms with E-state index in [4.69, 9.17) is 18.7 Å². The summed E-state index contributed by atoms with van der Waals surface area (Å²) in [6, 6.07) is 0. The lowest BCUT2D eigenvalue weighted by Crippen LogP contribution is -2.36. The number of hydrogen-bond acceptors (Lipinski definition) is 8. The average molecular weight is 577 g/mol. The minimum Gasteiger partial charge on any atom is -0.460 e. The van der Waals surface area contributed by atoms with Gasteiger partial charge in [0.2, 0.25) is 6.10 Å². The van der Waals surface area contributed by atoms with Crippen molar-refractivity contribution < 1.29 is 37.5 Å². The zero-order valence-corrected chi connectivity index (χ0v) is 25.8. The Morgan fingerprint density at radius 2 is 1.24 bits per heavy atom. The zero-order chi connectivity index (χ0) is 28.0. The smallest absolute Gasteiger partial charge is 0.460 e. The maximum absolute atomic E-state index is 13.1. The first-order valence-corrected chi connectivity index (χ1v) is 17.6. The van der Waals surface area contributed by atoms with Crippen molar-refractivity contribution in [3.05, 3.63) is 0 Å². The Bertz CT molecular complexity index is 764. The Kier molecular flexibility index (Phi) is 15.5. The molecule has 0 amide bonds. The van der Waals surface area contributed by atoms with Crippen LogP contribution in [-0.2, 0) is 37.5 Å². The first-order valence-electron chi connectivity index (χ1n) is 14.8. The van der Waals surface area contributed by atoms with Crippen LogP contribution in [0.15, 0.2) is 0 Å². The molecule has 0 spiro atoms. The third-order valence-corrected chi connectivity index (χ3v) is 11.1. The van der Waals surface area contributed by atoms with Gasteiger partial charge in [-0.2, -0.15) is 0 Å². The van der Waals surface area contributed by atoms with Gasteiger partial charge in [-0.1, -0.05) is 24.3 Å². The van der Waals surface area contributed by atoms with Crippen molar-refractivity contribution in [1.82, 2.24) is 0 Å². The molecule has 0 N–H and O–H groups in total. The Morgan fingerprint density at radius 1 is 0.763 bits per heavy atom. The molecule has 0 aromatic carbocycles. The van der Waals surface area contributed by atoms with Crippen LogP contribution in [0.1, 0.15) is 124 Å². The molecule has 0 saturated heterocycles. The molecule has 2 aliphatic rings. The standard InChI is InChI=1S/C28H50O8P2/c1-5-28(4,35-22(2)26(29)33-24-16-10-8-11-17-24)37(31)20-14-6-7-15-21-38(32)36-23(3)27(30)34-25-18-12-9-13-19-25/h22-25H,5-21H2,1-4H3/q+2. The number of ether oxygens (including phenoxy) is 3. The lowest BCUT2D eigenvalue weighted by molar-refractivity contribution is -0.168. The van der Waals surface area contributed by atoms with Crippen LogP contribution in [-0.4, -0.2) is 54.0 Å². The molecule has 0 aromatic rings. The Hall–Kier alpha value is -0.940. The van der Waals surface area contributed by atoms with Gasteiger partial charge in [-0.3, -0.25) is 0 Å². The second-order valence-electron chi connectivity index (χ2n) is 11.0. The first-order chi connectivity index (χ1) is 18.1. The second-order valence-corrected chi connectivity index (χ2v) is 14.5. The fraction of sp³-hybridized carbons (Fsp3) is 0.929. The molecule has 5 unspecified atom stereocenters. The van der Waals surface area contributed by atoms with Crippen LogP contribution < -0.4 is 0 Å². The summed E-state index contributed by atoms with van der Waals surface area (Å²) in [5.41, 5.74) is 0. The molecule has 0 aromatic heterocycles. The molecule has 2 aliphatic carbocycles. The third-order valence-electron chi connectivity index (χ3n) is 7.68. The van der Waals surface area contributed by atoms with Gasteiger partial charge in [0.05, 0.1) is 0 Å². The summed E-state index contributed by atoms with van der Waals surface area (Å²) in [5, 5.41) is -0.875. The molecular formula is C28H50O8P2+2. The van der Waals surface area contributed by atoms with Gasteiger partial charge in [0, 0.05) is 13.3 Å². The number of esters is 2. The molecule has 0 radical (unpaired) electrons. The van der Waals surface area contributed by atoms with Crippen LogP contribution in [0.5, 0.6) is 0 Å². The predicted octanol–water partition coefficient (Wildman–Crippen LogP) is 7.80. The van der Waals surface area contributed by atoms with Gasteiger partial charge in [0.25, 0.3) is 5.34 Å². The summed E-state index contributed by atoms with van der Waals surface area (Å²) in [7, 11) is -3.60. The molecule has 0 heterocycles. The van der Waals surface area contributed by atoms with Gasteiger partial charge in [0.15, 0.2) is 12.3 Å². The van der Waals surface area contributed by atoms with Crippen molar-refractivity contribution in [2.24, 2.45) is 0 Å². The molecule has 8 nitrogen and oxygen atoms in total. The summed E-state index contributed by atoms with van der Waals surface area (Å²) in [6.07, 6.45) is 13.3. The van der Waals surface area contributed by atoms with Crippen LogP contribution in [0.4, 0.5) is 0 Å². The largest absolute Gasteiger partial charge is 0.508 e. The fourth-order valence-corrected chi connectivity index (χ4v) is 7.63. The SMILES string of the molecule is CCC(C)(OC(C)C(=O)OC1CCCCC1)[P+](=O)CCCCCC[P+](=O)OC(C)C(=O)OC1CCCCC1. The van der Waals surface area contributed by atoms with E-state index in [1.54, 1.807) is 13.8 Å². The Morgan fingerprint density at radius 3 is 1.74 bits per heavy atom. The summed E-state index contributed by atoms with van der Waals surface area (Å²) in [6.45, 7) is 7.02. The van der Waals surface area contributed by atoms with E-state index in [0.29, 0.717) is 25.2 Å². The maximum Gasteiger partial charge on any atom is 0.508 e. The van der Waals surface area contributed by atoms with Crippen molar-refractivity contribution in [2.45, 2.75) is 154 Å². The van der Waals surface area contributed by atoms with Crippen molar-refractivity contribution in [1.29, 1.82) is 0 Å². The normalized spacial score (nSPS) is 21.2. The van der Waals surface area contributed by atoms with Gasteiger partial charge < -0.3 is 14.2 Å². The molecule has 38 heavy (non-hydrogen) atoms. The van der Waals surface area contributed by atoms with Crippen molar-refractivity contribution in [3.63, 3.8) is 0 Å². The molecule has 2 saturated carbocycles. The highest BCUT2D eigenvalue weighted by Crippen LogP contribution is 2.44. The van der Waals surface area contributed by atoms with Crippen molar-refractivity contribution >= 4 is 27.8 Å². The molecule has 2 fully saturated rings. The van der Waals surface area contributed by atoms with E-state index in [0.717, 1.165) is 70.6 Å². The highest BCUT2D eigenvalue weighted by atomic mass is 31.1. The van der Waals surface area contributed by atoms with Crippen LogP contribution in [0.3, 0.4) is 0 Å². The molecule has 0 aliphatic heterocycles. The molecule has 218 valence electrons. The van der Waals surface area contributed by atoms with E-state index >= 15 is 0 Å². The lowest BCUT2D eigenvalue weighted by atomic mass is 9.98. The first kappa shape index (κ1) is 33.3. The van der Waals surface area contributed by atoms with E-state index in [-0.39, 0.29) is 18.2 Å². The van der Waals surface area contributed by atoms with Gasteiger partial charge >= 0.3 is 27.8 Å². The summed E-state index contributed by atoms with van der Waals surface area (Å²) in [4.78, 5) is 24.7. The molecular weight excluding hydrogens is 526 g/mol. The molecule has 2 rings (SSSR count).